The Kier molecular flexibility index (Phi) is 1.79. The van der Waals surface area contributed by atoms with Gasteiger partial charge in [-0.15, -0.1) is 0 Å². The molecule has 13 heavy (non-hydrogen) atoms. The van der Waals surface area contributed by atoms with Gasteiger partial charge in [0.25, 0.3) is 0 Å². The molecule has 0 amide bonds. The minimum Gasteiger partial charge on any atom is -0.342 e. The molecular formula is C10H11FN2. The number of hydrogen-bond donors (Lipinski definition) is 1. The van der Waals surface area contributed by atoms with Crippen molar-refractivity contribution in [3.05, 3.63) is 29.8 Å². The molecule has 0 fully saturated rings. The molecule has 2 nitrogen and oxygen atoms in total. The molecule has 0 atom stereocenters. The Bertz CT molecular complexity index is 431. The largest absolute Gasteiger partial charge is 0.342 e. The molecule has 68 valence electrons. The van der Waals surface area contributed by atoms with E-state index in [1.165, 1.54) is 12.1 Å². The van der Waals surface area contributed by atoms with Crippen molar-refractivity contribution in [1.82, 2.24) is 9.97 Å². The van der Waals surface area contributed by atoms with E-state index in [1.54, 1.807) is 6.07 Å². The van der Waals surface area contributed by atoms with Crippen LogP contribution in [0, 0.1) is 5.82 Å². The van der Waals surface area contributed by atoms with Gasteiger partial charge in [0.1, 0.15) is 11.6 Å². The number of rotatable bonds is 1. The maximum Gasteiger partial charge on any atom is 0.125 e. The summed E-state index contributed by atoms with van der Waals surface area (Å²) >= 11 is 0. The molecule has 1 N–H and O–H groups in total. The van der Waals surface area contributed by atoms with Crippen LogP contribution in [0.5, 0.6) is 0 Å². The average molecular weight is 178 g/mol. The van der Waals surface area contributed by atoms with Crippen LogP contribution < -0.4 is 0 Å². The second-order valence-electron chi connectivity index (χ2n) is 3.44. The van der Waals surface area contributed by atoms with E-state index < -0.39 is 0 Å². The Labute approximate surface area is 75.8 Å². The van der Waals surface area contributed by atoms with Gasteiger partial charge in [0, 0.05) is 5.92 Å². The van der Waals surface area contributed by atoms with Crippen LogP contribution in [0.2, 0.25) is 0 Å². The zero-order valence-corrected chi connectivity index (χ0v) is 7.63. The van der Waals surface area contributed by atoms with E-state index in [0.717, 1.165) is 16.9 Å². The fourth-order valence-corrected chi connectivity index (χ4v) is 1.28. The number of H-pyrrole nitrogens is 1. The highest BCUT2D eigenvalue weighted by Crippen LogP contribution is 2.17. The predicted octanol–water partition coefficient (Wildman–Crippen LogP) is 2.83. The minimum atomic E-state index is -0.230. The molecule has 3 heteroatoms. The number of aromatic nitrogens is 2. The lowest BCUT2D eigenvalue weighted by Gasteiger charge is -1.95. The van der Waals surface area contributed by atoms with Crippen molar-refractivity contribution in [2.24, 2.45) is 0 Å². The van der Waals surface area contributed by atoms with E-state index in [-0.39, 0.29) is 5.82 Å². The summed E-state index contributed by atoms with van der Waals surface area (Å²) in [5.41, 5.74) is 1.59. The Balaban J connectivity index is 2.62. The van der Waals surface area contributed by atoms with Gasteiger partial charge in [0.05, 0.1) is 11.0 Å². The van der Waals surface area contributed by atoms with Crippen molar-refractivity contribution in [1.29, 1.82) is 0 Å². The third-order valence-electron chi connectivity index (χ3n) is 2.01. The Morgan fingerprint density at radius 2 is 2.15 bits per heavy atom. The van der Waals surface area contributed by atoms with Gasteiger partial charge in [0.2, 0.25) is 0 Å². The van der Waals surface area contributed by atoms with E-state index in [2.05, 4.69) is 9.97 Å². The highest BCUT2D eigenvalue weighted by atomic mass is 19.1. The SMILES string of the molecule is CC(C)c1nc2ccc(F)cc2[nH]1. The summed E-state index contributed by atoms with van der Waals surface area (Å²) in [5, 5.41) is 0. The summed E-state index contributed by atoms with van der Waals surface area (Å²) < 4.78 is 12.8. The van der Waals surface area contributed by atoms with Crippen molar-refractivity contribution >= 4 is 11.0 Å². The van der Waals surface area contributed by atoms with E-state index in [9.17, 15) is 4.39 Å². The molecular weight excluding hydrogens is 167 g/mol. The van der Waals surface area contributed by atoms with Crippen molar-refractivity contribution < 1.29 is 4.39 Å². The van der Waals surface area contributed by atoms with Crippen LogP contribution in [0.25, 0.3) is 11.0 Å². The van der Waals surface area contributed by atoms with Crippen LogP contribution in [0.3, 0.4) is 0 Å². The van der Waals surface area contributed by atoms with Crippen LogP contribution in [-0.4, -0.2) is 9.97 Å². The molecule has 2 rings (SSSR count). The Morgan fingerprint density at radius 1 is 1.38 bits per heavy atom. The summed E-state index contributed by atoms with van der Waals surface area (Å²) in [6.45, 7) is 4.10. The van der Waals surface area contributed by atoms with Gasteiger partial charge in [-0.2, -0.15) is 0 Å². The Morgan fingerprint density at radius 3 is 2.85 bits per heavy atom. The van der Waals surface area contributed by atoms with Crippen molar-refractivity contribution in [2.75, 3.05) is 0 Å². The predicted molar refractivity (Wildman–Crippen MR) is 50.1 cm³/mol. The van der Waals surface area contributed by atoms with Gasteiger partial charge in [-0.3, -0.25) is 0 Å². The molecule has 0 aliphatic heterocycles. The molecule has 1 aromatic heterocycles. The lowest BCUT2D eigenvalue weighted by Crippen LogP contribution is -1.88. The molecule has 0 radical (unpaired) electrons. The highest BCUT2D eigenvalue weighted by molar-refractivity contribution is 5.75. The van der Waals surface area contributed by atoms with E-state index in [4.69, 9.17) is 0 Å². The Hall–Kier alpha value is -1.38. The van der Waals surface area contributed by atoms with E-state index >= 15 is 0 Å². The highest BCUT2D eigenvalue weighted by Gasteiger charge is 2.06. The number of nitrogens with one attached hydrogen (secondary N) is 1. The summed E-state index contributed by atoms with van der Waals surface area (Å²) in [5.74, 6) is 1.02. The first-order valence-electron chi connectivity index (χ1n) is 4.32. The first kappa shape index (κ1) is 8.23. The maximum absolute atomic E-state index is 12.8. The maximum atomic E-state index is 12.8. The number of hydrogen-bond acceptors (Lipinski definition) is 1. The molecule has 0 bridgehead atoms. The third-order valence-corrected chi connectivity index (χ3v) is 2.01. The molecule has 0 aliphatic rings. The number of halogens is 1. The normalized spacial score (nSPS) is 11.4. The molecule has 0 saturated heterocycles. The summed E-state index contributed by atoms with van der Waals surface area (Å²) in [7, 11) is 0. The number of imidazole rings is 1. The number of aromatic amines is 1. The van der Waals surface area contributed by atoms with Gasteiger partial charge < -0.3 is 4.98 Å². The molecule has 2 aromatic rings. The molecule has 0 aliphatic carbocycles. The molecule has 1 aromatic carbocycles. The van der Waals surface area contributed by atoms with Gasteiger partial charge in [-0.05, 0) is 18.2 Å². The second kappa shape index (κ2) is 2.83. The average Bonchev–Trinajstić information content (AvgIpc) is 2.46. The lowest BCUT2D eigenvalue weighted by molar-refractivity contribution is 0.629. The zero-order chi connectivity index (χ0) is 9.42. The smallest absolute Gasteiger partial charge is 0.125 e. The quantitative estimate of drug-likeness (QED) is 0.714. The number of nitrogens with zero attached hydrogens (tertiary/aromatic N) is 1. The van der Waals surface area contributed by atoms with Crippen LogP contribution in [0.1, 0.15) is 25.6 Å². The van der Waals surface area contributed by atoms with E-state index in [0.29, 0.717) is 5.92 Å². The first-order chi connectivity index (χ1) is 6.16. The standard InChI is InChI=1S/C10H11FN2/c1-6(2)10-12-8-4-3-7(11)5-9(8)13-10/h3-6H,1-2H3,(H,12,13). The monoisotopic (exact) mass is 178 g/mol. The van der Waals surface area contributed by atoms with Crippen LogP contribution >= 0.6 is 0 Å². The van der Waals surface area contributed by atoms with Gasteiger partial charge in [-0.25, -0.2) is 9.37 Å². The molecule has 1 heterocycles. The number of fused-ring (bicyclic) bond motifs is 1. The molecule has 0 spiro atoms. The minimum absolute atomic E-state index is 0.230. The molecule has 0 saturated carbocycles. The van der Waals surface area contributed by atoms with Crippen molar-refractivity contribution in [2.45, 2.75) is 19.8 Å². The van der Waals surface area contributed by atoms with Crippen LogP contribution in [0.15, 0.2) is 18.2 Å². The zero-order valence-electron chi connectivity index (χ0n) is 7.63. The van der Waals surface area contributed by atoms with Crippen LogP contribution in [-0.2, 0) is 0 Å². The van der Waals surface area contributed by atoms with E-state index in [1.807, 2.05) is 13.8 Å². The second-order valence-corrected chi connectivity index (χ2v) is 3.44. The van der Waals surface area contributed by atoms with Crippen molar-refractivity contribution in [3.8, 4) is 0 Å². The van der Waals surface area contributed by atoms with Gasteiger partial charge in [0.15, 0.2) is 0 Å². The third kappa shape index (κ3) is 1.41. The van der Waals surface area contributed by atoms with Crippen molar-refractivity contribution in [3.63, 3.8) is 0 Å². The van der Waals surface area contributed by atoms with Gasteiger partial charge in [-0.1, -0.05) is 13.8 Å². The summed E-state index contributed by atoms with van der Waals surface area (Å²) in [6.07, 6.45) is 0. The lowest BCUT2D eigenvalue weighted by atomic mass is 10.2. The fraction of sp³-hybridized carbons (Fsp3) is 0.300. The fourth-order valence-electron chi connectivity index (χ4n) is 1.28. The summed E-state index contributed by atoms with van der Waals surface area (Å²) in [4.78, 5) is 7.42. The van der Waals surface area contributed by atoms with Gasteiger partial charge >= 0.3 is 0 Å². The summed E-state index contributed by atoms with van der Waals surface area (Å²) in [6, 6.07) is 4.58. The number of benzene rings is 1. The van der Waals surface area contributed by atoms with Crippen LogP contribution in [0.4, 0.5) is 4.39 Å². The topological polar surface area (TPSA) is 28.7 Å². The molecule has 0 unspecified atom stereocenters. The first-order valence-corrected chi connectivity index (χ1v) is 4.32.